The second kappa shape index (κ2) is 11.6. The minimum Gasteiger partial charge on any atom is -0.293 e. The van der Waals surface area contributed by atoms with Gasteiger partial charge in [0.1, 0.15) is 0 Å². The predicted octanol–water partition coefficient (Wildman–Crippen LogP) is 4.92. The number of hydrogen-bond acceptors (Lipinski definition) is 6. The van der Waals surface area contributed by atoms with E-state index in [9.17, 15) is 34.8 Å². The molecule has 1 heterocycles. The smallest absolute Gasteiger partial charge is 0.293 e. The Hall–Kier alpha value is -2.33. The maximum Gasteiger partial charge on any atom is 0.417 e. The molecule has 0 bridgehead atoms. The maximum absolute atomic E-state index is 13.8. The Morgan fingerprint density at radius 2 is 1.54 bits per heavy atom. The van der Waals surface area contributed by atoms with E-state index in [-0.39, 0.29) is 34.1 Å². The molecule has 39 heavy (non-hydrogen) atoms. The zero-order valence-electron chi connectivity index (χ0n) is 20.3. The minimum absolute atomic E-state index is 0.0949. The Bertz CT molecular complexity index is 1550. The second-order valence-corrected chi connectivity index (χ2v) is 14.1. The van der Waals surface area contributed by atoms with Crippen molar-refractivity contribution in [2.75, 3.05) is 13.1 Å². The molecule has 3 aromatic rings. The summed E-state index contributed by atoms with van der Waals surface area (Å²) in [5, 5.41) is 0. The van der Waals surface area contributed by atoms with E-state index in [4.69, 9.17) is 0 Å². The van der Waals surface area contributed by atoms with Crippen molar-refractivity contribution >= 4 is 48.2 Å². The van der Waals surface area contributed by atoms with Crippen molar-refractivity contribution in [3.8, 4) is 0 Å². The molecule has 4 rings (SSSR count). The lowest BCUT2D eigenvalue weighted by Crippen LogP contribution is -2.49. The predicted molar refractivity (Wildman–Crippen MR) is 147 cm³/mol. The average Bonchev–Trinajstić information content (AvgIpc) is 2.90. The summed E-state index contributed by atoms with van der Waals surface area (Å²) in [5.41, 5.74) is -0.909. The Labute approximate surface area is 238 Å². The van der Waals surface area contributed by atoms with Gasteiger partial charge >= 0.3 is 6.18 Å². The topological polar surface area (TPSA) is 101 Å². The van der Waals surface area contributed by atoms with E-state index in [0.717, 1.165) is 6.07 Å². The van der Waals surface area contributed by atoms with Gasteiger partial charge < -0.3 is 0 Å². The molecular weight excluding hydrogens is 668 g/mol. The Morgan fingerprint density at radius 3 is 2.13 bits per heavy atom. The van der Waals surface area contributed by atoms with Crippen LogP contribution in [0.1, 0.15) is 28.8 Å². The van der Waals surface area contributed by atoms with E-state index in [1.54, 1.807) is 36.4 Å². The van der Waals surface area contributed by atoms with Crippen LogP contribution in [-0.4, -0.2) is 50.7 Å². The first-order chi connectivity index (χ1) is 18.3. The number of halogens is 4. The quantitative estimate of drug-likeness (QED) is 0.156. The van der Waals surface area contributed by atoms with Crippen molar-refractivity contribution < 1.29 is 34.8 Å². The van der Waals surface area contributed by atoms with Crippen LogP contribution in [0.5, 0.6) is 0 Å². The number of carbonyl (C=O) groups excluding carboxylic acids is 1. The van der Waals surface area contributed by atoms with Crippen LogP contribution in [0.3, 0.4) is 0 Å². The molecule has 1 aliphatic rings. The number of alkyl halides is 4. The van der Waals surface area contributed by atoms with Gasteiger partial charge in [0.2, 0.25) is 19.9 Å². The molecule has 2 unspecified atom stereocenters. The van der Waals surface area contributed by atoms with Gasteiger partial charge in [0.25, 0.3) is 0 Å². The van der Waals surface area contributed by atoms with Gasteiger partial charge in [-0.1, -0.05) is 71.1 Å². The van der Waals surface area contributed by atoms with E-state index >= 15 is 0 Å². The fourth-order valence-corrected chi connectivity index (χ4v) is 8.30. The first kappa shape index (κ1) is 29.6. The molecule has 0 amide bonds. The zero-order chi connectivity index (χ0) is 28.4. The molecule has 7 nitrogen and oxygen atoms in total. The molecule has 1 saturated heterocycles. The standard InChI is InChI=1S/C26H24F3IN2O5S2/c27-26(28,29)22-12-11-21(38(34,35)20-9-5-2-6-10-20)16-24(22)39(36,37)31-19-13-14-32(25(30)15-19)17-23(33)18-7-3-1-4-8-18/h1-12,16,19,25,31H,13-15,17H2. The molecule has 1 N–H and O–H groups in total. The van der Waals surface area contributed by atoms with Crippen molar-refractivity contribution in [3.63, 3.8) is 0 Å². The van der Waals surface area contributed by atoms with Crippen molar-refractivity contribution in [1.82, 2.24) is 9.62 Å². The van der Waals surface area contributed by atoms with Gasteiger partial charge in [0.05, 0.1) is 30.8 Å². The molecular formula is C26H24F3IN2O5S2. The van der Waals surface area contributed by atoms with E-state index in [2.05, 4.69) is 27.3 Å². The molecule has 0 aliphatic carbocycles. The van der Waals surface area contributed by atoms with Crippen molar-refractivity contribution in [2.24, 2.45) is 0 Å². The summed E-state index contributed by atoms with van der Waals surface area (Å²) < 4.78 is 96.0. The van der Waals surface area contributed by atoms with Crippen LogP contribution in [0.25, 0.3) is 0 Å². The van der Waals surface area contributed by atoms with Gasteiger partial charge in [0, 0.05) is 18.2 Å². The zero-order valence-corrected chi connectivity index (χ0v) is 24.1. The third-order valence-corrected chi connectivity index (χ3v) is 10.9. The number of piperidine rings is 1. The number of Topliss-reactive ketones (excluding diaryl/α,β-unsaturated/α-hetero) is 1. The van der Waals surface area contributed by atoms with Gasteiger partial charge in [-0.2, -0.15) is 13.2 Å². The fourth-order valence-electron chi connectivity index (χ4n) is 4.29. The lowest BCUT2D eigenvalue weighted by atomic mass is 10.0. The second-order valence-electron chi connectivity index (χ2n) is 9.01. The molecule has 0 spiro atoms. The highest BCUT2D eigenvalue weighted by atomic mass is 127. The molecule has 13 heteroatoms. The lowest BCUT2D eigenvalue weighted by molar-refractivity contribution is -0.139. The van der Waals surface area contributed by atoms with Crippen LogP contribution in [0.2, 0.25) is 0 Å². The molecule has 3 aromatic carbocycles. The van der Waals surface area contributed by atoms with Crippen LogP contribution in [0.15, 0.2) is 93.5 Å². The molecule has 2 atom stereocenters. The number of sulfone groups is 1. The number of rotatable bonds is 8. The molecule has 208 valence electrons. The minimum atomic E-state index is -5.04. The largest absolute Gasteiger partial charge is 0.417 e. The summed E-state index contributed by atoms with van der Waals surface area (Å²) >= 11 is 2.07. The van der Waals surface area contributed by atoms with E-state index in [1.165, 1.54) is 24.3 Å². The number of ketones is 1. The van der Waals surface area contributed by atoms with Crippen LogP contribution in [-0.2, 0) is 26.0 Å². The van der Waals surface area contributed by atoms with Gasteiger partial charge in [-0.15, -0.1) is 0 Å². The van der Waals surface area contributed by atoms with E-state index < -0.39 is 47.4 Å². The summed E-state index contributed by atoms with van der Waals surface area (Å²) in [6, 6.07) is 16.8. The number of nitrogens with zero attached hydrogens (tertiary/aromatic N) is 1. The highest BCUT2D eigenvalue weighted by molar-refractivity contribution is 14.1. The van der Waals surface area contributed by atoms with Gasteiger partial charge in [0.15, 0.2) is 5.78 Å². The van der Waals surface area contributed by atoms with Crippen LogP contribution >= 0.6 is 22.6 Å². The highest BCUT2D eigenvalue weighted by Gasteiger charge is 2.39. The number of sulfonamides is 1. The molecule has 0 saturated carbocycles. The summed E-state index contributed by atoms with van der Waals surface area (Å²) in [4.78, 5) is 12.6. The number of nitrogens with one attached hydrogen (secondary N) is 1. The van der Waals surface area contributed by atoms with Crippen LogP contribution in [0, 0.1) is 0 Å². The van der Waals surface area contributed by atoms with E-state index in [1.807, 2.05) is 4.90 Å². The normalized spacial score (nSPS) is 19.1. The van der Waals surface area contributed by atoms with Crippen molar-refractivity contribution in [1.29, 1.82) is 0 Å². The Balaban J connectivity index is 1.56. The first-order valence-electron chi connectivity index (χ1n) is 11.8. The van der Waals surface area contributed by atoms with Crippen molar-refractivity contribution in [2.45, 2.75) is 43.8 Å². The summed E-state index contributed by atoms with van der Waals surface area (Å²) in [6.45, 7) is 0.461. The molecule has 1 fully saturated rings. The Morgan fingerprint density at radius 1 is 0.923 bits per heavy atom. The SMILES string of the molecule is O=C(CN1CCC(NS(=O)(=O)c2cc(S(=O)(=O)c3ccccc3)ccc2C(F)(F)F)CC1I)c1ccccc1. The number of carbonyl (C=O) groups is 1. The van der Waals surface area contributed by atoms with Gasteiger partial charge in [-0.3, -0.25) is 9.69 Å². The maximum atomic E-state index is 13.8. The molecule has 1 aliphatic heterocycles. The fraction of sp³-hybridized carbons (Fsp3) is 0.269. The highest BCUT2D eigenvalue weighted by Crippen LogP contribution is 2.37. The third-order valence-electron chi connectivity index (χ3n) is 6.32. The third kappa shape index (κ3) is 6.88. The summed E-state index contributed by atoms with van der Waals surface area (Å²) in [7, 11) is -9.04. The monoisotopic (exact) mass is 692 g/mol. The van der Waals surface area contributed by atoms with Crippen molar-refractivity contribution in [3.05, 3.63) is 90.0 Å². The van der Waals surface area contributed by atoms with Crippen LogP contribution in [0.4, 0.5) is 13.2 Å². The summed E-state index contributed by atoms with van der Waals surface area (Å²) in [6.07, 6.45) is -4.54. The van der Waals surface area contributed by atoms with Crippen LogP contribution < -0.4 is 4.72 Å². The van der Waals surface area contributed by atoms with E-state index in [0.29, 0.717) is 24.2 Å². The Kier molecular flexibility index (Phi) is 8.86. The molecule has 0 aromatic heterocycles. The first-order valence-corrected chi connectivity index (χ1v) is 16.0. The summed E-state index contributed by atoms with van der Waals surface area (Å²) in [5.74, 6) is -0.0949. The van der Waals surface area contributed by atoms with Gasteiger partial charge in [-0.05, 0) is 43.2 Å². The number of hydrogen-bond donors (Lipinski definition) is 1. The average molecular weight is 693 g/mol. The molecule has 0 radical (unpaired) electrons. The van der Waals surface area contributed by atoms with Gasteiger partial charge in [-0.25, -0.2) is 21.6 Å². The lowest BCUT2D eigenvalue weighted by Gasteiger charge is -2.36. The number of benzene rings is 3. The number of likely N-dealkylation sites (tertiary alicyclic amines) is 1.